The molecule has 1 amide bonds. The summed E-state index contributed by atoms with van der Waals surface area (Å²) in [7, 11) is 0. The normalized spacial score (nSPS) is 12.2. The van der Waals surface area contributed by atoms with Crippen molar-refractivity contribution in [2.75, 3.05) is 0 Å². The van der Waals surface area contributed by atoms with Gasteiger partial charge in [-0.15, -0.1) is 11.3 Å². The van der Waals surface area contributed by atoms with Gasteiger partial charge in [0.15, 0.2) is 0 Å². The third kappa shape index (κ3) is 3.52. The first kappa shape index (κ1) is 17.2. The SMILES string of the molecule is C[C@@H](NC(=O)Cn1ncn2nc(-c3cccs3)cc2c1=O)c1ccccc1. The fourth-order valence-electron chi connectivity index (χ4n) is 2.84. The van der Waals surface area contributed by atoms with E-state index >= 15 is 0 Å². The van der Waals surface area contributed by atoms with E-state index in [2.05, 4.69) is 15.5 Å². The first-order valence-corrected chi connectivity index (χ1v) is 9.33. The second-order valence-corrected chi connectivity index (χ2v) is 7.08. The van der Waals surface area contributed by atoms with E-state index in [0.29, 0.717) is 11.2 Å². The van der Waals surface area contributed by atoms with Crippen molar-refractivity contribution >= 4 is 22.8 Å². The molecule has 3 aromatic heterocycles. The molecule has 7 nitrogen and oxygen atoms in total. The Morgan fingerprint density at radius 3 is 2.78 bits per heavy atom. The lowest BCUT2D eigenvalue weighted by atomic mass is 10.1. The van der Waals surface area contributed by atoms with Crippen LogP contribution in [0.3, 0.4) is 0 Å². The van der Waals surface area contributed by atoms with Gasteiger partial charge in [0.25, 0.3) is 5.56 Å². The molecule has 1 N–H and O–H groups in total. The van der Waals surface area contributed by atoms with E-state index in [1.165, 1.54) is 10.8 Å². The van der Waals surface area contributed by atoms with Crippen LogP contribution in [0.4, 0.5) is 0 Å². The molecule has 136 valence electrons. The Balaban J connectivity index is 1.54. The molecule has 4 rings (SSSR count). The van der Waals surface area contributed by atoms with Crippen LogP contribution in [0.2, 0.25) is 0 Å². The average molecular weight is 379 g/mol. The summed E-state index contributed by atoms with van der Waals surface area (Å²) in [4.78, 5) is 26.0. The molecule has 0 saturated carbocycles. The maximum absolute atomic E-state index is 12.7. The van der Waals surface area contributed by atoms with Crippen LogP contribution >= 0.6 is 11.3 Å². The van der Waals surface area contributed by atoms with Gasteiger partial charge in [0.2, 0.25) is 5.91 Å². The highest BCUT2D eigenvalue weighted by molar-refractivity contribution is 7.13. The molecule has 0 aliphatic rings. The molecule has 1 aromatic carbocycles. The van der Waals surface area contributed by atoms with E-state index in [0.717, 1.165) is 15.1 Å². The zero-order valence-electron chi connectivity index (χ0n) is 14.6. The summed E-state index contributed by atoms with van der Waals surface area (Å²) in [6.07, 6.45) is 1.45. The molecular weight excluding hydrogens is 362 g/mol. The lowest BCUT2D eigenvalue weighted by Crippen LogP contribution is -2.35. The van der Waals surface area contributed by atoms with Crippen molar-refractivity contribution in [1.82, 2.24) is 24.7 Å². The third-order valence-electron chi connectivity index (χ3n) is 4.23. The number of nitrogens with zero attached hydrogens (tertiary/aromatic N) is 4. The molecule has 4 aromatic rings. The summed E-state index contributed by atoms with van der Waals surface area (Å²) in [5.41, 5.74) is 1.74. The van der Waals surface area contributed by atoms with E-state index in [4.69, 9.17) is 0 Å². The van der Waals surface area contributed by atoms with Gasteiger partial charge in [0, 0.05) is 0 Å². The second-order valence-electron chi connectivity index (χ2n) is 6.13. The molecule has 0 aliphatic carbocycles. The van der Waals surface area contributed by atoms with Gasteiger partial charge in [-0.1, -0.05) is 36.4 Å². The number of fused-ring (bicyclic) bond motifs is 1. The standard InChI is InChI=1S/C19H17N5O2S/c1-13(14-6-3-2-4-7-14)21-18(25)11-23-19(26)16-10-15(17-8-5-9-27-17)22-24(16)12-20-23/h2-10,12-13H,11H2,1H3,(H,21,25)/t13-/m1/s1. The molecule has 0 unspecified atom stereocenters. The van der Waals surface area contributed by atoms with Crippen LogP contribution in [0.5, 0.6) is 0 Å². The van der Waals surface area contributed by atoms with E-state index in [1.54, 1.807) is 17.4 Å². The molecule has 1 atom stereocenters. The minimum absolute atomic E-state index is 0.147. The number of thiophene rings is 1. The second kappa shape index (κ2) is 7.16. The van der Waals surface area contributed by atoms with Gasteiger partial charge < -0.3 is 5.32 Å². The summed E-state index contributed by atoms with van der Waals surface area (Å²) in [5, 5.41) is 13.3. The fraction of sp³-hybridized carbons (Fsp3) is 0.158. The molecule has 0 spiro atoms. The van der Waals surface area contributed by atoms with Crippen LogP contribution in [0, 0.1) is 0 Å². The number of aromatic nitrogens is 4. The third-order valence-corrected chi connectivity index (χ3v) is 5.13. The van der Waals surface area contributed by atoms with Gasteiger partial charge in [-0.3, -0.25) is 9.59 Å². The predicted octanol–water partition coefficient (Wildman–Crippen LogP) is 2.50. The summed E-state index contributed by atoms with van der Waals surface area (Å²) < 4.78 is 2.60. The number of benzene rings is 1. The summed E-state index contributed by atoms with van der Waals surface area (Å²) in [5.74, 6) is -0.275. The zero-order chi connectivity index (χ0) is 18.8. The molecule has 27 heavy (non-hydrogen) atoms. The van der Waals surface area contributed by atoms with Gasteiger partial charge in [0.05, 0.1) is 10.9 Å². The molecule has 0 radical (unpaired) electrons. The Hall–Kier alpha value is -3.26. The highest BCUT2D eigenvalue weighted by Gasteiger charge is 2.14. The number of nitrogens with one attached hydrogen (secondary N) is 1. The Labute approximate surface area is 158 Å². The van der Waals surface area contributed by atoms with E-state index in [9.17, 15) is 9.59 Å². The number of carbonyl (C=O) groups is 1. The van der Waals surface area contributed by atoms with E-state index in [-0.39, 0.29) is 24.1 Å². The summed E-state index contributed by atoms with van der Waals surface area (Å²) in [6.45, 7) is 1.75. The van der Waals surface area contributed by atoms with Crippen LogP contribution in [-0.2, 0) is 11.3 Å². The van der Waals surface area contributed by atoms with Gasteiger partial charge in [-0.25, -0.2) is 9.20 Å². The van der Waals surface area contributed by atoms with Crippen LogP contribution in [0.1, 0.15) is 18.5 Å². The summed E-state index contributed by atoms with van der Waals surface area (Å²) in [6, 6.07) is 15.1. The number of rotatable bonds is 5. The van der Waals surface area contributed by atoms with Gasteiger partial charge >= 0.3 is 0 Å². The maximum atomic E-state index is 12.7. The van der Waals surface area contributed by atoms with Crippen molar-refractivity contribution < 1.29 is 4.79 Å². The molecule has 3 heterocycles. The van der Waals surface area contributed by atoms with E-state index in [1.807, 2.05) is 54.8 Å². The highest BCUT2D eigenvalue weighted by Crippen LogP contribution is 2.23. The lowest BCUT2D eigenvalue weighted by Gasteiger charge is -2.14. The maximum Gasteiger partial charge on any atom is 0.293 e. The molecule has 0 saturated heterocycles. The summed E-state index contributed by atoms with van der Waals surface area (Å²) >= 11 is 1.55. The van der Waals surface area contributed by atoms with Gasteiger partial charge in [-0.05, 0) is 30.0 Å². The predicted molar refractivity (Wildman–Crippen MR) is 104 cm³/mol. The highest BCUT2D eigenvalue weighted by atomic mass is 32.1. The van der Waals surface area contributed by atoms with Crippen molar-refractivity contribution in [2.45, 2.75) is 19.5 Å². The lowest BCUT2D eigenvalue weighted by molar-refractivity contribution is -0.122. The average Bonchev–Trinajstić information content (AvgIpc) is 3.34. The zero-order valence-corrected chi connectivity index (χ0v) is 15.4. The smallest absolute Gasteiger partial charge is 0.293 e. The van der Waals surface area contributed by atoms with Crippen LogP contribution < -0.4 is 10.9 Å². The van der Waals surface area contributed by atoms with Crippen molar-refractivity contribution in [1.29, 1.82) is 0 Å². The van der Waals surface area contributed by atoms with Gasteiger partial charge in [0.1, 0.15) is 24.1 Å². The fourth-order valence-corrected chi connectivity index (χ4v) is 3.53. The Bertz CT molecular complexity index is 1130. The van der Waals surface area contributed by atoms with Crippen LogP contribution in [-0.4, -0.2) is 25.3 Å². The van der Waals surface area contributed by atoms with Crippen molar-refractivity contribution in [2.24, 2.45) is 0 Å². The number of amides is 1. The molecule has 8 heteroatoms. The van der Waals surface area contributed by atoms with Crippen LogP contribution in [0.25, 0.3) is 16.1 Å². The quantitative estimate of drug-likeness (QED) is 0.578. The first-order chi connectivity index (χ1) is 13.1. The Kier molecular flexibility index (Phi) is 4.55. The molecule has 0 fully saturated rings. The Morgan fingerprint density at radius 2 is 2.04 bits per heavy atom. The number of hydrogen-bond acceptors (Lipinski definition) is 5. The Morgan fingerprint density at radius 1 is 1.22 bits per heavy atom. The minimum atomic E-state index is -0.352. The molecule has 0 aliphatic heterocycles. The first-order valence-electron chi connectivity index (χ1n) is 8.45. The topological polar surface area (TPSA) is 81.3 Å². The van der Waals surface area contributed by atoms with Crippen molar-refractivity contribution in [3.63, 3.8) is 0 Å². The minimum Gasteiger partial charge on any atom is -0.348 e. The van der Waals surface area contributed by atoms with Gasteiger partial charge in [-0.2, -0.15) is 10.2 Å². The van der Waals surface area contributed by atoms with Crippen molar-refractivity contribution in [3.8, 4) is 10.6 Å². The monoisotopic (exact) mass is 379 g/mol. The molecular formula is C19H17N5O2S. The number of carbonyl (C=O) groups excluding carboxylic acids is 1. The van der Waals surface area contributed by atoms with E-state index < -0.39 is 0 Å². The van der Waals surface area contributed by atoms with Crippen LogP contribution in [0.15, 0.2) is 65.0 Å². The number of hydrogen-bond donors (Lipinski definition) is 1. The largest absolute Gasteiger partial charge is 0.348 e. The molecule has 0 bridgehead atoms. The van der Waals surface area contributed by atoms with Crippen molar-refractivity contribution in [3.05, 3.63) is 76.2 Å².